The van der Waals surface area contributed by atoms with Gasteiger partial charge in [0, 0.05) is 19.2 Å². The van der Waals surface area contributed by atoms with Gasteiger partial charge < -0.3 is 11.1 Å². The number of rotatable bonds is 5. The van der Waals surface area contributed by atoms with E-state index in [1.54, 1.807) is 0 Å². The lowest BCUT2D eigenvalue weighted by molar-refractivity contribution is -0.116. The molecule has 0 aliphatic carbocycles. The molecular formula is C13H17N5O2S. The molecule has 7 nitrogen and oxygen atoms in total. The number of amides is 2. The normalized spacial score (nSPS) is 10.6. The van der Waals surface area contributed by atoms with Crippen LogP contribution in [-0.2, 0) is 18.3 Å². The molecule has 0 saturated carbocycles. The third-order valence-electron chi connectivity index (χ3n) is 3.26. The van der Waals surface area contributed by atoms with E-state index in [-0.39, 0.29) is 5.91 Å². The second-order valence-electron chi connectivity index (χ2n) is 4.72. The Labute approximate surface area is 126 Å². The molecule has 0 unspecified atom stereocenters. The number of carbonyl (C=O) groups is 2. The zero-order chi connectivity index (χ0) is 15.6. The van der Waals surface area contributed by atoms with Crippen LogP contribution in [0.3, 0.4) is 0 Å². The van der Waals surface area contributed by atoms with Crippen molar-refractivity contribution in [1.82, 2.24) is 14.8 Å². The molecule has 2 rings (SSSR count). The lowest BCUT2D eigenvalue weighted by Crippen LogP contribution is -2.12. The van der Waals surface area contributed by atoms with E-state index in [1.807, 2.05) is 25.6 Å². The predicted octanol–water partition coefficient (Wildman–Crippen LogP) is 1.16. The maximum atomic E-state index is 11.9. The maximum absolute atomic E-state index is 11.9. The van der Waals surface area contributed by atoms with Crippen molar-refractivity contribution in [1.29, 1.82) is 0 Å². The number of carbonyl (C=O) groups excluding carboxylic acids is 2. The van der Waals surface area contributed by atoms with Crippen LogP contribution in [0.1, 0.15) is 33.0 Å². The molecule has 0 saturated heterocycles. The molecule has 21 heavy (non-hydrogen) atoms. The number of hydrogen-bond acceptors (Lipinski definition) is 5. The summed E-state index contributed by atoms with van der Waals surface area (Å²) in [5.74, 6) is -0.697. The molecule has 2 aromatic heterocycles. The summed E-state index contributed by atoms with van der Waals surface area (Å²) in [6, 6.07) is 0. The summed E-state index contributed by atoms with van der Waals surface area (Å²) in [5.41, 5.74) is 8.22. The summed E-state index contributed by atoms with van der Waals surface area (Å²) in [6.45, 7) is 3.91. The van der Waals surface area contributed by atoms with E-state index in [2.05, 4.69) is 15.4 Å². The van der Waals surface area contributed by atoms with Crippen LogP contribution in [0.2, 0.25) is 0 Å². The number of nitrogens with zero attached hydrogens (tertiary/aromatic N) is 3. The van der Waals surface area contributed by atoms with Gasteiger partial charge in [0.1, 0.15) is 4.88 Å². The van der Waals surface area contributed by atoms with E-state index in [0.29, 0.717) is 22.9 Å². The van der Waals surface area contributed by atoms with Gasteiger partial charge in [-0.3, -0.25) is 14.3 Å². The summed E-state index contributed by atoms with van der Waals surface area (Å²) in [6.07, 6.45) is 2.31. The van der Waals surface area contributed by atoms with E-state index in [0.717, 1.165) is 28.3 Å². The van der Waals surface area contributed by atoms with E-state index in [9.17, 15) is 9.59 Å². The van der Waals surface area contributed by atoms with Crippen LogP contribution in [0.25, 0.3) is 0 Å². The number of thiazole rings is 1. The van der Waals surface area contributed by atoms with Crippen molar-refractivity contribution >= 4 is 28.3 Å². The Morgan fingerprint density at radius 1 is 1.43 bits per heavy atom. The van der Waals surface area contributed by atoms with Gasteiger partial charge in [-0.15, -0.1) is 0 Å². The van der Waals surface area contributed by atoms with Gasteiger partial charge >= 0.3 is 0 Å². The number of nitrogens with one attached hydrogen (secondary N) is 1. The standard InChI is InChI=1S/C13H17N5O2S/c1-7-9(8(2)18(3)17-7)4-5-11(19)16-13-15-6-10(21-13)12(14)20/h6H,4-5H2,1-3H3,(H2,14,20)(H,15,16,19). The Morgan fingerprint density at radius 3 is 2.67 bits per heavy atom. The van der Waals surface area contributed by atoms with Gasteiger partial charge in [-0.2, -0.15) is 5.10 Å². The van der Waals surface area contributed by atoms with Crippen LogP contribution in [0.15, 0.2) is 6.20 Å². The van der Waals surface area contributed by atoms with Crippen molar-refractivity contribution in [3.8, 4) is 0 Å². The topological polar surface area (TPSA) is 103 Å². The quantitative estimate of drug-likeness (QED) is 0.865. The Morgan fingerprint density at radius 2 is 2.14 bits per heavy atom. The zero-order valence-corrected chi connectivity index (χ0v) is 13.0. The SMILES string of the molecule is Cc1nn(C)c(C)c1CCC(=O)Nc1ncc(C(N)=O)s1. The van der Waals surface area contributed by atoms with E-state index in [4.69, 9.17) is 5.73 Å². The zero-order valence-electron chi connectivity index (χ0n) is 12.1. The average molecular weight is 307 g/mol. The first-order chi connectivity index (χ1) is 9.88. The van der Waals surface area contributed by atoms with Gasteiger partial charge in [-0.25, -0.2) is 4.98 Å². The van der Waals surface area contributed by atoms with Gasteiger partial charge in [-0.05, 0) is 25.8 Å². The summed E-state index contributed by atoms with van der Waals surface area (Å²) >= 11 is 1.07. The second-order valence-corrected chi connectivity index (χ2v) is 5.75. The van der Waals surface area contributed by atoms with Crippen molar-refractivity contribution in [2.75, 3.05) is 5.32 Å². The first-order valence-corrected chi connectivity index (χ1v) is 7.24. The molecule has 0 atom stereocenters. The molecule has 0 aromatic carbocycles. The fraction of sp³-hybridized carbons (Fsp3) is 0.385. The van der Waals surface area contributed by atoms with Crippen molar-refractivity contribution in [3.05, 3.63) is 28.0 Å². The van der Waals surface area contributed by atoms with Gasteiger partial charge in [0.25, 0.3) is 5.91 Å². The minimum absolute atomic E-state index is 0.150. The number of hydrogen-bond donors (Lipinski definition) is 2. The highest BCUT2D eigenvalue weighted by molar-refractivity contribution is 7.17. The summed E-state index contributed by atoms with van der Waals surface area (Å²) < 4.78 is 1.81. The predicted molar refractivity (Wildman–Crippen MR) is 80.3 cm³/mol. The molecule has 2 amide bonds. The number of aryl methyl sites for hydroxylation is 2. The Balaban J connectivity index is 1.94. The first kappa shape index (κ1) is 15.2. The average Bonchev–Trinajstić information content (AvgIpc) is 2.95. The van der Waals surface area contributed by atoms with Crippen LogP contribution in [0, 0.1) is 13.8 Å². The maximum Gasteiger partial charge on any atom is 0.260 e. The molecule has 2 heterocycles. The Hall–Kier alpha value is -2.22. The number of primary amides is 1. The summed E-state index contributed by atoms with van der Waals surface area (Å²) in [5, 5.41) is 7.37. The first-order valence-electron chi connectivity index (χ1n) is 6.43. The van der Waals surface area contributed by atoms with Crippen LogP contribution < -0.4 is 11.1 Å². The Bertz CT molecular complexity index is 689. The molecule has 0 aliphatic rings. The van der Waals surface area contributed by atoms with E-state index < -0.39 is 5.91 Å². The highest BCUT2D eigenvalue weighted by atomic mass is 32.1. The third kappa shape index (κ3) is 3.46. The van der Waals surface area contributed by atoms with Crippen molar-refractivity contribution in [3.63, 3.8) is 0 Å². The van der Waals surface area contributed by atoms with E-state index in [1.165, 1.54) is 6.20 Å². The van der Waals surface area contributed by atoms with Crippen molar-refractivity contribution in [2.24, 2.45) is 12.8 Å². The fourth-order valence-electron chi connectivity index (χ4n) is 2.05. The monoisotopic (exact) mass is 307 g/mol. The van der Waals surface area contributed by atoms with Crippen LogP contribution in [0.4, 0.5) is 5.13 Å². The van der Waals surface area contributed by atoms with Crippen molar-refractivity contribution < 1.29 is 9.59 Å². The molecule has 0 radical (unpaired) electrons. The summed E-state index contributed by atoms with van der Waals surface area (Å²) in [4.78, 5) is 27.1. The molecule has 0 fully saturated rings. The lowest BCUT2D eigenvalue weighted by Gasteiger charge is -2.03. The minimum atomic E-state index is -0.547. The van der Waals surface area contributed by atoms with Gasteiger partial charge in [0.2, 0.25) is 5.91 Å². The highest BCUT2D eigenvalue weighted by Crippen LogP contribution is 2.18. The third-order valence-corrected chi connectivity index (χ3v) is 4.18. The second kappa shape index (κ2) is 6.04. The number of nitrogens with two attached hydrogens (primary N) is 1. The largest absolute Gasteiger partial charge is 0.365 e. The van der Waals surface area contributed by atoms with Gasteiger partial charge in [0.15, 0.2) is 5.13 Å². The van der Waals surface area contributed by atoms with Gasteiger partial charge in [-0.1, -0.05) is 11.3 Å². The Kier molecular flexibility index (Phi) is 4.37. The molecule has 2 aromatic rings. The molecule has 0 bridgehead atoms. The van der Waals surface area contributed by atoms with Crippen LogP contribution in [-0.4, -0.2) is 26.6 Å². The van der Waals surface area contributed by atoms with Crippen molar-refractivity contribution in [2.45, 2.75) is 26.7 Å². The molecule has 0 spiro atoms. The summed E-state index contributed by atoms with van der Waals surface area (Å²) in [7, 11) is 1.88. The molecule has 112 valence electrons. The fourth-order valence-corrected chi connectivity index (χ4v) is 2.73. The molecular weight excluding hydrogens is 290 g/mol. The molecule has 0 aliphatic heterocycles. The van der Waals surface area contributed by atoms with Crippen LogP contribution in [0.5, 0.6) is 0 Å². The molecule has 3 N–H and O–H groups in total. The minimum Gasteiger partial charge on any atom is -0.365 e. The molecule has 8 heteroatoms. The smallest absolute Gasteiger partial charge is 0.260 e. The highest BCUT2D eigenvalue weighted by Gasteiger charge is 2.13. The number of aromatic nitrogens is 3. The number of anilines is 1. The van der Waals surface area contributed by atoms with Gasteiger partial charge in [0.05, 0.1) is 11.9 Å². The van der Waals surface area contributed by atoms with E-state index >= 15 is 0 Å². The van der Waals surface area contributed by atoms with Crippen LogP contribution >= 0.6 is 11.3 Å². The lowest BCUT2D eigenvalue weighted by atomic mass is 10.1.